The highest BCUT2D eigenvalue weighted by atomic mass is 19.4. The lowest BCUT2D eigenvalue weighted by molar-refractivity contribution is -0.176. The van der Waals surface area contributed by atoms with Crippen molar-refractivity contribution < 1.29 is 27.5 Å². The average molecular weight is 227 g/mol. The lowest BCUT2D eigenvalue weighted by Crippen LogP contribution is -2.46. The highest BCUT2D eigenvalue weighted by Crippen LogP contribution is 2.14. The van der Waals surface area contributed by atoms with Gasteiger partial charge in [-0.15, -0.1) is 0 Å². The van der Waals surface area contributed by atoms with Crippen LogP contribution in [0.25, 0.3) is 0 Å². The molecular formula is C8H12F3NO3. The normalized spacial score (nSPS) is 13.5. The van der Waals surface area contributed by atoms with Gasteiger partial charge in [-0.1, -0.05) is 0 Å². The molecule has 88 valence electrons. The first-order chi connectivity index (χ1) is 6.64. The second kappa shape index (κ2) is 4.99. The minimum atomic E-state index is -4.99. The van der Waals surface area contributed by atoms with Crippen molar-refractivity contribution in [2.75, 3.05) is 0 Å². The summed E-state index contributed by atoms with van der Waals surface area (Å²) >= 11 is 0. The molecule has 0 aliphatic rings. The van der Waals surface area contributed by atoms with Gasteiger partial charge in [-0.2, -0.15) is 13.2 Å². The summed E-state index contributed by atoms with van der Waals surface area (Å²) < 4.78 is 39.9. The monoisotopic (exact) mass is 227 g/mol. The van der Waals surface area contributed by atoms with E-state index < -0.39 is 30.2 Å². The molecule has 0 aromatic rings. The summed E-state index contributed by atoms with van der Waals surface area (Å²) in [5.41, 5.74) is 0. The minimum absolute atomic E-state index is 0.442. The Kier molecular flexibility index (Phi) is 4.57. The molecule has 4 nitrogen and oxygen atoms in total. The van der Waals surface area contributed by atoms with Crippen LogP contribution in [0, 0.1) is 0 Å². The Balaban J connectivity index is 4.20. The van der Waals surface area contributed by atoms with Gasteiger partial charge in [0.25, 0.3) is 0 Å². The molecular weight excluding hydrogens is 215 g/mol. The van der Waals surface area contributed by atoms with E-state index in [1.54, 1.807) is 13.8 Å². The Labute approximate surface area is 84.8 Å². The summed E-state index contributed by atoms with van der Waals surface area (Å²) in [7, 11) is 0. The Morgan fingerprint density at radius 1 is 1.20 bits per heavy atom. The van der Waals surface area contributed by atoms with Crippen LogP contribution in [0.2, 0.25) is 0 Å². The van der Waals surface area contributed by atoms with Gasteiger partial charge in [0.2, 0.25) is 0 Å². The Bertz CT molecular complexity index is 250. The van der Waals surface area contributed by atoms with Crippen LogP contribution in [0.5, 0.6) is 0 Å². The van der Waals surface area contributed by atoms with Crippen molar-refractivity contribution in [1.29, 1.82) is 0 Å². The number of hydrogen-bond acceptors (Lipinski definition) is 3. The zero-order valence-corrected chi connectivity index (χ0v) is 8.51. The van der Waals surface area contributed by atoms with Crippen LogP contribution in [0.3, 0.4) is 0 Å². The molecule has 0 aromatic carbocycles. The summed E-state index contributed by atoms with van der Waals surface area (Å²) in [4.78, 5) is 21.4. The van der Waals surface area contributed by atoms with E-state index in [2.05, 4.69) is 4.74 Å². The van der Waals surface area contributed by atoms with E-state index in [0.717, 1.165) is 6.92 Å². The van der Waals surface area contributed by atoms with Crippen LogP contribution in [0.15, 0.2) is 0 Å². The van der Waals surface area contributed by atoms with Crippen molar-refractivity contribution in [3.05, 3.63) is 0 Å². The Hall–Kier alpha value is -1.27. The van der Waals surface area contributed by atoms with Gasteiger partial charge >= 0.3 is 18.1 Å². The van der Waals surface area contributed by atoms with Gasteiger partial charge in [0, 0.05) is 0 Å². The third-order valence-electron chi connectivity index (χ3n) is 1.31. The standard InChI is InChI=1S/C8H12F3NO3/c1-4(2)15-6(13)5(3)12-7(14)8(9,10)11/h4-5H,1-3H3,(H,12,14)/t5-/m0/s1. The van der Waals surface area contributed by atoms with Gasteiger partial charge in [-0.05, 0) is 20.8 Å². The van der Waals surface area contributed by atoms with Crippen LogP contribution in [-0.4, -0.2) is 30.2 Å². The smallest absolute Gasteiger partial charge is 0.461 e. The van der Waals surface area contributed by atoms with E-state index in [1.807, 2.05) is 0 Å². The summed E-state index contributed by atoms with van der Waals surface area (Å²) in [6, 6.07) is -1.32. The summed E-state index contributed by atoms with van der Waals surface area (Å²) in [6.07, 6.45) is -5.44. The topological polar surface area (TPSA) is 55.4 Å². The largest absolute Gasteiger partial charge is 0.471 e. The summed E-state index contributed by atoms with van der Waals surface area (Å²) in [6.45, 7) is 4.22. The number of halogens is 3. The molecule has 0 aromatic heterocycles. The molecule has 0 bridgehead atoms. The van der Waals surface area contributed by atoms with Gasteiger partial charge in [0.1, 0.15) is 6.04 Å². The van der Waals surface area contributed by atoms with Gasteiger partial charge in [-0.3, -0.25) is 4.79 Å². The van der Waals surface area contributed by atoms with Gasteiger partial charge in [0.15, 0.2) is 0 Å². The number of alkyl halides is 3. The first-order valence-corrected chi connectivity index (χ1v) is 4.22. The molecule has 1 amide bonds. The summed E-state index contributed by atoms with van der Waals surface area (Å²) in [5, 5.41) is 1.49. The second-order valence-corrected chi connectivity index (χ2v) is 3.18. The molecule has 0 saturated carbocycles. The number of hydrogen-bond donors (Lipinski definition) is 1. The minimum Gasteiger partial charge on any atom is -0.461 e. The van der Waals surface area contributed by atoms with Crippen LogP contribution in [0.4, 0.5) is 13.2 Å². The molecule has 0 heterocycles. The number of carbonyl (C=O) groups excluding carboxylic acids is 2. The Morgan fingerprint density at radius 2 is 1.67 bits per heavy atom. The lowest BCUT2D eigenvalue weighted by Gasteiger charge is -2.15. The first kappa shape index (κ1) is 13.7. The Morgan fingerprint density at radius 3 is 2.00 bits per heavy atom. The van der Waals surface area contributed by atoms with Crippen molar-refractivity contribution in [3.8, 4) is 0 Å². The molecule has 0 rings (SSSR count). The molecule has 0 unspecified atom stereocenters. The van der Waals surface area contributed by atoms with E-state index in [0.29, 0.717) is 0 Å². The van der Waals surface area contributed by atoms with Crippen molar-refractivity contribution in [2.45, 2.75) is 39.1 Å². The first-order valence-electron chi connectivity index (χ1n) is 4.22. The fourth-order valence-electron chi connectivity index (χ4n) is 0.672. The molecule has 0 radical (unpaired) electrons. The number of carbonyl (C=O) groups is 2. The lowest BCUT2D eigenvalue weighted by atomic mass is 10.3. The van der Waals surface area contributed by atoms with Crippen molar-refractivity contribution >= 4 is 11.9 Å². The van der Waals surface area contributed by atoms with E-state index >= 15 is 0 Å². The van der Waals surface area contributed by atoms with Crippen LogP contribution in [0.1, 0.15) is 20.8 Å². The van der Waals surface area contributed by atoms with Crippen molar-refractivity contribution in [2.24, 2.45) is 0 Å². The molecule has 0 aliphatic heterocycles. The zero-order chi connectivity index (χ0) is 12.2. The fourth-order valence-corrected chi connectivity index (χ4v) is 0.672. The van der Waals surface area contributed by atoms with E-state index in [4.69, 9.17) is 0 Å². The molecule has 1 N–H and O–H groups in total. The maximum Gasteiger partial charge on any atom is 0.471 e. The molecule has 0 spiro atoms. The quantitative estimate of drug-likeness (QED) is 0.732. The molecule has 0 saturated heterocycles. The summed E-state index contributed by atoms with van der Waals surface area (Å²) in [5.74, 6) is -3.06. The number of nitrogens with one attached hydrogen (secondary N) is 1. The van der Waals surface area contributed by atoms with Crippen molar-refractivity contribution in [1.82, 2.24) is 5.32 Å². The average Bonchev–Trinajstić information content (AvgIpc) is 2.00. The predicted octanol–water partition coefficient (Wildman–Crippen LogP) is 1.00. The number of ether oxygens (including phenoxy) is 1. The number of amides is 1. The third-order valence-corrected chi connectivity index (χ3v) is 1.31. The molecule has 7 heteroatoms. The van der Waals surface area contributed by atoms with E-state index in [9.17, 15) is 22.8 Å². The van der Waals surface area contributed by atoms with Gasteiger partial charge in [0.05, 0.1) is 6.10 Å². The predicted molar refractivity (Wildman–Crippen MR) is 44.9 cm³/mol. The molecule has 0 aliphatic carbocycles. The third kappa shape index (κ3) is 5.24. The van der Waals surface area contributed by atoms with Crippen LogP contribution >= 0.6 is 0 Å². The number of esters is 1. The SMILES string of the molecule is CC(C)OC(=O)[C@H](C)NC(=O)C(F)(F)F. The fraction of sp³-hybridized carbons (Fsp3) is 0.750. The highest BCUT2D eigenvalue weighted by Gasteiger charge is 2.40. The van der Waals surface area contributed by atoms with E-state index in [-0.39, 0.29) is 0 Å². The number of rotatable bonds is 3. The maximum atomic E-state index is 11.8. The molecule has 1 atom stereocenters. The van der Waals surface area contributed by atoms with Gasteiger partial charge < -0.3 is 10.1 Å². The van der Waals surface area contributed by atoms with Crippen LogP contribution in [-0.2, 0) is 14.3 Å². The zero-order valence-electron chi connectivity index (χ0n) is 8.51. The molecule has 15 heavy (non-hydrogen) atoms. The van der Waals surface area contributed by atoms with Crippen LogP contribution < -0.4 is 5.32 Å². The maximum absolute atomic E-state index is 11.8. The highest BCUT2D eigenvalue weighted by molar-refractivity contribution is 5.87. The van der Waals surface area contributed by atoms with Gasteiger partial charge in [-0.25, -0.2) is 4.79 Å². The molecule has 0 fully saturated rings. The van der Waals surface area contributed by atoms with E-state index in [1.165, 1.54) is 5.32 Å². The van der Waals surface area contributed by atoms with Crippen molar-refractivity contribution in [3.63, 3.8) is 0 Å². The second-order valence-electron chi connectivity index (χ2n) is 3.18.